The third kappa shape index (κ3) is 6.89. The summed E-state index contributed by atoms with van der Waals surface area (Å²) < 4.78 is 27.6. The van der Waals surface area contributed by atoms with E-state index >= 15 is 0 Å². The summed E-state index contributed by atoms with van der Waals surface area (Å²) in [4.78, 5) is 29.8. The molecule has 3 rings (SSSR count). The van der Waals surface area contributed by atoms with Gasteiger partial charge in [0.2, 0.25) is 5.91 Å². The van der Waals surface area contributed by atoms with Crippen molar-refractivity contribution in [1.29, 1.82) is 0 Å². The molecular formula is C28H44F2N4O3. The number of amides is 2. The maximum atomic E-state index is 14.1. The smallest absolute Gasteiger partial charge is 0.273 e. The van der Waals surface area contributed by atoms with Gasteiger partial charge in [-0.05, 0) is 45.7 Å². The zero-order valence-electron chi connectivity index (χ0n) is 23.4. The minimum Gasteiger partial charge on any atom is -0.509 e. The van der Waals surface area contributed by atoms with Gasteiger partial charge in [-0.15, -0.1) is 0 Å². The van der Waals surface area contributed by atoms with Crippen LogP contribution in [0.3, 0.4) is 0 Å². The van der Waals surface area contributed by atoms with E-state index in [9.17, 15) is 23.5 Å². The van der Waals surface area contributed by atoms with E-state index < -0.39 is 23.0 Å². The molecule has 2 aliphatic heterocycles. The number of nitrogens with one attached hydrogen (secondary N) is 1. The highest BCUT2D eigenvalue weighted by Gasteiger charge is 2.49. The molecule has 0 spiro atoms. The number of rotatable bonds is 7. The van der Waals surface area contributed by atoms with Gasteiger partial charge in [0.15, 0.2) is 11.6 Å². The van der Waals surface area contributed by atoms with Crippen molar-refractivity contribution < 1.29 is 23.5 Å². The normalized spacial score (nSPS) is 18.4. The van der Waals surface area contributed by atoms with E-state index in [1.54, 1.807) is 18.9 Å². The second-order valence-corrected chi connectivity index (χ2v) is 8.98. The fourth-order valence-corrected chi connectivity index (χ4v) is 4.62. The van der Waals surface area contributed by atoms with Crippen LogP contribution in [0.2, 0.25) is 0 Å². The molecule has 0 aliphatic carbocycles. The summed E-state index contributed by atoms with van der Waals surface area (Å²) in [5, 5.41) is 14.0. The standard InChI is InChI=1S/C24H31F2N3O3.C2H7N.C2H6/c1-5-12-24(3)18(22(31)27-14-15-9-7-10-16(25)19(15)26)17-11-8-13-29(17)20(21(24)30)23(32)28(4)6-2;1-2-3;1-2/h7,9-10,30H,5-6,8,11-14H2,1-4H3,(H,27,31);2-3H2,1H3;1-2H3. The van der Waals surface area contributed by atoms with Crippen molar-refractivity contribution in [2.24, 2.45) is 11.1 Å². The minimum absolute atomic E-state index is 0.0421. The van der Waals surface area contributed by atoms with Gasteiger partial charge in [0.1, 0.15) is 11.5 Å². The van der Waals surface area contributed by atoms with Crippen LogP contribution in [0.4, 0.5) is 8.78 Å². The van der Waals surface area contributed by atoms with E-state index in [2.05, 4.69) is 5.32 Å². The molecule has 208 valence electrons. The van der Waals surface area contributed by atoms with Crippen molar-refractivity contribution in [3.05, 3.63) is 58.1 Å². The first kappa shape index (κ1) is 32.1. The molecule has 1 saturated heterocycles. The van der Waals surface area contributed by atoms with Crippen LogP contribution in [0, 0.1) is 17.0 Å². The van der Waals surface area contributed by atoms with Crippen LogP contribution in [0.5, 0.6) is 0 Å². The van der Waals surface area contributed by atoms with Gasteiger partial charge in [0.25, 0.3) is 5.91 Å². The lowest BCUT2D eigenvalue weighted by molar-refractivity contribution is -0.128. The SMILES string of the molecule is CC.CCCC1(C)C(O)=C(C(=O)N(C)CC)N2CCCC2=C1C(=O)NCc1cccc(F)c1F.CCN. The molecule has 1 unspecified atom stereocenters. The van der Waals surface area contributed by atoms with Crippen molar-refractivity contribution in [2.75, 3.05) is 26.7 Å². The monoisotopic (exact) mass is 522 g/mol. The van der Waals surface area contributed by atoms with Crippen LogP contribution in [-0.4, -0.2) is 53.4 Å². The molecule has 2 aliphatic rings. The molecule has 4 N–H and O–H groups in total. The molecule has 2 heterocycles. The summed E-state index contributed by atoms with van der Waals surface area (Å²) >= 11 is 0. The number of benzene rings is 1. The Morgan fingerprint density at radius 1 is 1.22 bits per heavy atom. The molecule has 0 radical (unpaired) electrons. The number of halogens is 2. The van der Waals surface area contributed by atoms with Gasteiger partial charge in [-0.1, -0.05) is 46.2 Å². The Kier molecular flexibility index (Phi) is 12.8. The van der Waals surface area contributed by atoms with Gasteiger partial charge in [0.05, 0.1) is 5.41 Å². The van der Waals surface area contributed by atoms with Crippen LogP contribution < -0.4 is 11.1 Å². The highest BCUT2D eigenvalue weighted by Crippen LogP contribution is 2.49. The summed E-state index contributed by atoms with van der Waals surface area (Å²) in [5.41, 5.74) is 5.16. The highest BCUT2D eigenvalue weighted by atomic mass is 19.2. The molecule has 37 heavy (non-hydrogen) atoms. The third-order valence-corrected chi connectivity index (χ3v) is 6.45. The van der Waals surface area contributed by atoms with Gasteiger partial charge < -0.3 is 26.0 Å². The lowest BCUT2D eigenvalue weighted by Crippen LogP contribution is -2.45. The third-order valence-electron chi connectivity index (χ3n) is 6.45. The summed E-state index contributed by atoms with van der Waals surface area (Å²) in [5.74, 6) is -2.82. The Morgan fingerprint density at radius 3 is 2.41 bits per heavy atom. The second-order valence-electron chi connectivity index (χ2n) is 8.98. The van der Waals surface area contributed by atoms with Crippen molar-refractivity contribution in [1.82, 2.24) is 15.1 Å². The van der Waals surface area contributed by atoms with E-state index in [4.69, 9.17) is 5.73 Å². The number of carbonyl (C=O) groups excluding carboxylic acids is 2. The van der Waals surface area contributed by atoms with E-state index in [0.717, 1.165) is 19.0 Å². The maximum Gasteiger partial charge on any atom is 0.273 e. The topological polar surface area (TPSA) is 98.9 Å². The Balaban J connectivity index is 0.00000127. The van der Waals surface area contributed by atoms with Crippen molar-refractivity contribution in [3.63, 3.8) is 0 Å². The molecule has 7 nitrogen and oxygen atoms in total. The summed E-state index contributed by atoms with van der Waals surface area (Å²) in [7, 11) is 1.68. The van der Waals surface area contributed by atoms with Gasteiger partial charge in [-0.2, -0.15) is 0 Å². The second kappa shape index (κ2) is 14.7. The minimum atomic E-state index is -1.06. The molecule has 1 fully saturated rings. The molecular weight excluding hydrogens is 478 g/mol. The van der Waals surface area contributed by atoms with Gasteiger partial charge >= 0.3 is 0 Å². The first-order valence-corrected chi connectivity index (χ1v) is 13.2. The maximum absolute atomic E-state index is 14.1. The number of fused-ring (bicyclic) bond motifs is 1. The summed E-state index contributed by atoms with van der Waals surface area (Å²) in [6.07, 6.45) is 2.47. The molecule has 1 aromatic carbocycles. The number of aliphatic hydroxyl groups is 1. The predicted octanol–water partition coefficient (Wildman–Crippen LogP) is 4.99. The van der Waals surface area contributed by atoms with Crippen molar-refractivity contribution in [3.8, 4) is 0 Å². The molecule has 0 aromatic heterocycles. The van der Waals surface area contributed by atoms with Gasteiger partial charge in [-0.25, -0.2) is 8.78 Å². The molecule has 1 aromatic rings. The van der Waals surface area contributed by atoms with Crippen LogP contribution in [-0.2, 0) is 16.1 Å². The quantitative estimate of drug-likeness (QED) is 0.469. The van der Waals surface area contributed by atoms with Gasteiger partial charge in [-0.3, -0.25) is 9.59 Å². The number of carbonyl (C=O) groups is 2. The van der Waals surface area contributed by atoms with E-state index in [1.165, 1.54) is 17.0 Å². The van der Waals surface area contributed by atoms with Crippen molar-refractivity contribution in [2.45, 2.75) is 73.8 Å². The lowest BCUT2D eigenvalue weighted by Gasteiger charge is -2.41. The number of likely N-dealkylation sites (N-methyl/N-ethyl adjacent to an activating group) is 1. The van der Waals surface area contributed by atoms with Crippen LogP contribution in [0.15, 0.2) is 40.9 Å². The number of allylic oxidation sites excluding steroid dienone is 2. The number of hydrogen-bond donors (Lipinski definition) is 3. The Labute approximate surface area is 220 Å². The molecule has 0 bridgehead atoms. The first-order chi connectivity index (χ1) is 17.6. The zero-order chi connectivity index (χ0) is 28.3. The van der Waals surface area contributed by atoms with Crippen LogP contribution >= 0.6 is 0 Å². The molecule has 2 amide bonds. The van der Waals surface area contributed by atoms with E-state index in [-0.39, 0.29) is 29.5 Å². The Bertz CT molecular complexity index is 1010. The lowest BCUT2D eigenvalue weighted by atomic mass is 9.72. The summed E-state index contributed by atoms with van der Waals surface area (Å²) in [6.45, 7) is 13.0. The Morgan fingerprint density at radius 2 is 1.84 bits per heavy atom. The average molecular weight is 523 g/mol. The highest BCUT2D eigenvalue weighted by molar-refractivity contribution is 6.00. The average Bonchev–Trinajstić information content (AvgIpc) is 3.35. The first-order valence-electron chi connectivity index (χ1n) is 13.2. The van der Waals surface area contributed by atoms with Gasteiger partial charge in [0, 0.05) is 43.5 Å². The molecule has 1 atom stereocenters. The van der Waals surface area contributed by atoms with E-state index in [1.807, 2.05) is 34.6 Å². The number of nitrogens with zero attached hydrogens (tertiary/aromatic N) is 2. The fourth-order valence-electron chi connectivity index (χ4n) is 4.62. The number of nitrogens with two attached hydrogens (primary N) is 1. The summed E-state index contributed by atoms with van der Waals surface area (Å²) in [6, 6.07) is 3.83. The number of aliphatic hydroxyl groups excluding tert-OH is 1. The number of hydrogen-bond acceptors (Lipinski definition) is 5. The Hall–Kier alpha value is -2.94. The van der Waals surface area contributed by atoms with Crippen LogP contribution in [0.25, 0.3) is 0 Å². The zero-order valence-corrected chi connectivity index (χ0v) is 23.4. The molecule has 0 saturated carbocycles. The molecule has 9 heteroatoms. The van der Waals surface area contributed by atoms with Crippen molar-refractivity contribution >= 4 is 11.8 Å². The van der Waals surface area contributed by atoms with E-state index in [0.29, 0.717) is 43.6 Å². The predicted molar refractivity (Wildman–Crippen MR) is 143 cm³/mol. The fraction of sp³-hybridized carbons (Fsp3) is 0.571. The van der Waals surface area contributed by atoms with Crippen LogP contribution in [0.1, 0.15) is 72.8 Å². The largest absolute Gasteiger partial charge is 0.509 e.